The highest BCUT2D eigenvalue weighted by atomic mass is 19.1. The van der Waals surface area contributed by atoms with Crippen LogP contribution in [0.2, 0.25) is 0 Å². The maximum Gasteiger partial charge on any atom is 0.305 e. The average Bonchev–Trinajstić information content (AvgIpc) is 2.41. The monoisotopic (exact) mass is 273 g/mol. The van der Waals surface area contributed by atoms with Gasteiger partial charge in [0.1, 0.15) is 5.82 Å². The first-order valence-electron chi connectivity index (χ1n) is 6.31. The van der Waals surface area contributed by atoms with Gasteiger partial charge in [-0.3, -0.25) is 4.79 Å². The van der Waals surface area contributed by atoms with Crippen molar-refractivity contribution in [1.29, 1.82) is 0 Å². The van der Waals surface area contributed by atoms with Crippen molar-refractivity contribution >= 4 is 5.97 Å². The Balaban J connectivity index is 2.33. The molecule has 0 bridgehead atoms. The van der Waals surface area contributed by atoms with Gasteiger partial charge in [-0.15, -0.1) is 0 Å². The molecule has 0 aliphatic carbocycles. The SMILES string of the molecule is Cc1cc(-c2cccc([C@@H](N)CC(=O)O)c2)ccc1F. The van der Waals surface area contributed by atoms with Crippen molar-refractivity contribution in [3.05, 3.63) is 59.4 Å². The molecule has 0 radical (unpaired) electrons. The summed E-state index contributed by atoms with van der Waals surface area (Å²) in [6.45, 7) is 1.71. The molecule has 0 amide bonds. The smallest absolute Gasteiger partial charge is 0.305 e. The Morgan fingerprint density at radius 2 is 1.95 bits per heavy atom. The number of rotatable bonds is 4. The lowest BCUT2D eigenvalue weighted by molar-refractivity contribution is -0.137. The van der Waals surface area contributed by atoms with Crippen LogP contribution >= 0.6 is 0 Å². The first-order chi connectivity index (χ1) is 9.47. The van der Waals surface area contributed by atoms with Crippen molar-refractivity contribution in [1.82, 2.24) is 0 Å². The molecule has 104 valence electrons. The number of carboxylic acids is 1. The van der Waals surface area contributed by atoms with Gasteiger partial charge in [0.2, 0.25) is 0 Å². The van der Waals surface area contributed by atoms with Crippen molar-refractivity contribution in [2.45, 2.75) is 19.4 Å². The zero-order valence-corrected chi connectivity index (χ0v) is 11.1. The summed E-state index contributed by atoms with van der Waals surface area (Å²) in [7, 11) is 0. The van der Waals surface area contributed by atoms with Crippen molar-refractivity contribution in [3.63, 3.8) is 0 Å². The molecule has 0 saturated carbocycles. The first kappa shape index (κ1) is 14.2. The number of halogens is 1. The Labute approximate surface area is 116 Å². The topological polar surface area (TPSA) is 63.3 Å². The molecule has 0 fully saturated rings. The standard InChI is InChI=1S/C16H16FNO2/c1-10-7-12(5-6-14(10)17)11-3-2-4-13(8-11)15(18)9-16(19)20/h2-8,15H,9,18H2,1H3,(H,19,20)/t15-/m0/s1. The number of carboxylic acid groups (broad SMARTS) is 1. The summed E-state index contributed by atoms with van der Waals surface area (Å²) >= 11 is 0. The molecule has 4 heteroatoms. The van der Waals surface area contributed by atoms with E-state index in [0.29, 0.717) is 5.56 Å². The highest BCUT2D eigenvalue weighted by molar-refractivity contribution is 5.69. The van der Waals surface area contributed by atoms with Crippen LogP contribution in [0.15, 0.2) is 42.5 Å². The second kappa shape index (κ2) is 5.84. The molecule has 0 unspecified atom stereocenters. The van der Waals surface area contributed by atoms with E-state index in [1.165, 1.54) is 6.07 Å². The molecule has 0 aliphatic heterocycles. The molecule has 0 spiro atoms. The van der Waals surface area contributed by atoms with Gasteiger partial charge >= 0.3 is 5.97 Å². The van der Waals surface area contributed by atoms with Crippen LogP contribution in [-0.2, 0) is 4.79 Å². The summed E-state index contributed by atoms with van der Waals surface area (Å²) in [6.07, 6.45) is -0.119. The molecule has 0 saturated heterocycles. The van der Waals surface area contributed by atoms with Crippen molar-refractivity contribution < 1.29 is 14.3 Å². The summed E-state index contributed by atoms with van der Waals surface area (Å²) in [5.41, 5.74) is 8.96. The van der Waals surface area contributed by atoms with Gasteiger partial charge in [-0.2, -0.15) is 0 Å². The number of nitrogens with two attached hydrogens (primary N) is 1. The van der Waals surface area contributed by atoms with Crippen LogP contribution < -0.4 is 5.73 Å². The number of hydrogen-bond acceptors (Lipinski definition) is 2. The van der Waals surface area contributed by atoms with Crippen LogP contribution in [0, 0.1) is 12.7 Å². The Bertz CT molecular complexity index is 640. The predicted octanol–water partition coefficient (Wildman–Crippen LogP) is 3.28. The summed E-state index contributed by atoms with van der Waals surface area (Å²) in [6, 6.07) is 11.7. The fraction of sp³-hybridized carbons (Fsp3) is 0.188. The van der Waals surface area contributed by atoms with Crippen LogP contribution in [0.4, 0.5) is 4.39 Å². The normalized spacial score (nSPS) is 12.2. The van der Waals surface area contributed by atoms with E-state index in [1.54, 1.807) is 25.1 Å². The molecule has 20 heavy (non-hydrogen) atoms. The molecule has 3 nitrogen and oxygen atoms in total. The van der Waals surface area contributed by atoms with E-state index in [-0.39, 0.29) is 12.2 Å². The number of benzene rings is 2. The number of aliphatic carboxylic acids is 1. The lowest BCUT2D eigenvalue weighted by atomic mass is 9.97. The number of aryl methyl sites for hydroxylation is 1. The van der Waals surface area contributed by atoms with E-state index in [0.717, 1.165) is 16.7 Å². The van der Waals surface area contributed by atoms with Crippen molar-refractivity contribution in [3.8, 4) is 11.1 Å². The van der Waals surface area contributed by atoms with E-state index in [4.69, 9.17) is 10.8 Å². The fourth-order valence-corrected chi connectivity index (χ4v) is 2.08. The Kier molecular flexibility index (Phi) is 4.15. The molecule has 2 aromatic rings. The minimum Gasteiger partial charge on any atom is -0.481 e. The zero-order chi connectivity index (χ0) is 14.7. The summed E-state index contributed by atoms with van der Waals surface area (Å²) < 4.78 is 13.3. The Hall–Kier alpha value is -2.20. The zero-order valence-electron chi connectivity index (χ0n) is 11.1. The second-order valence-electron chi connectivity index (χ2n) is 4.79. The maximum atomic E-state index is 13.3. The van der Waals surface area contributed by atoms with Crippen LogP contribution in [0.5, 0.6) is 0 Å². The van der Waals surface area contributed by atoms with E-state index < -0.39 is 12.0 Å². The maximum absolute atomic E-state index is 13.3. The lowest BCUT2D eigenvalue weighted by Crippen LogP contribution is -2.14. The molecule has 0 aromatic heterocycles. The summed E-state index contributed by atoms with van der Waals surface area (Å²) in [5, 5.41) is 8.78. The third-order valence-corrected chi connectivity index (χ3v) is 3.20. The molecular formula is C16H16FNO2. The minimum atomic E-state index is -0.930. The molecule has 0 heterocycles. The Morgan fingerprint density at radius 3 is 2.60 bits per heavy atom. The van der Waals surface area contributed by atoms with Crippen molar-refractivity contribution in [2.75, 3.05) is 0 Å². The van der Waals surface area contributed by atoms with Gasteiger partial charge in [-0.1, -0.05) is 24.3 Å². The largest absolute Gasteiger partial charge is 0.481 e. The number of carbonyl (C=O) groups is 1. The number of hydrogen-bond donors (Lipinski definition) is 2. The predicted molar refractivity (Wildman–Crippen MR) is 75.8 cm³/mol. The quantitative estimate of drug-likeness (QED) is 0.898. The van der Waals surface area contributed by atoms with Gasteiger partial charge < -0.3 is 10.8 Å². The van der Waals surface area contributed by atoms with Crippen LogP contribution in [0.1, 0.15) is 23.6 Å². The summed E-state index contributed by atoms with van der Waals surface area (Å²) in [5.74, 6) is -1.17. The fourth-order valence-electron chi connectivity index (χ4n) is 2.08. The Morgan fingerprint density at radius 1 is 1.25 bits per heavy atom. The van der Waals surface area contributed by atoms with E-state index >= 15 is 0 Å². The van der Waals surface area contributed by atoms with E-state index in [9.17, 15) is 9.18 Å². The molecule has 1 atom stereocenters. The van der Waals surface area contributed by atoms with Gasteiger partial charge in [-0.25, -0.2) is 4.39 Å². The lowest BCUT2D eigenvalue weighted by Gasteiger charge is -2.11. The van der Waals surface area contributed by atoms with Crippen LogP contribution in [0.3, 0.4) is 0 Å². The molecule has 2 aromatic carbocycles. The first-order valence-corrected chi connectivity index (χ1v) is 6.31. The van der Waals surface area contributed by atoms with Gasteiger partial charge in [0.15, 0.2) is 0 Å². The van der Waals surface area contributed by atoms with Gasteiger partial charge in [0, 0.05) is 6.04 Å². The average molecular weight is 273 g/mol. The second-order valence-corrected chi connectivity index (χ2v) is 4.79. The minimum absolute atomic E-state index is 0.119. The molecule has 3 N–H and O–H groups in total. The summed E-state index contributed by atoms with van der Waals surface area (Å²) in [4.78, 5) is 10.7. The highest BCUT2D eigenvalue weighted by Crippen LogP contribution is 2.25. The molecular weight excluding hydrogens is 257 g/mol. The van der Waals surface area contributed by atoms with Gasteiger partial charge in [0.05, 0.1) is 6.42 Å². The van der Waals surface area contributed by atoms with Gasteiger partial charge in [0.25, 0.3) is 0 Å². The van der Waals surface area contributed by atoms with E-state index in [2.05, 4.69) is 0 Å². The van der Waals surface area contributed by atoms with Gasteiger partial charge in [-0.05, 0) is 47.4 Å². The third kappa shape index (κ3) is 3.22. The van der Waals surface area contributed by atoms with Crippen LogP contribution in [-0.4, -0.2) is 11.1 Å². The molecule has 0 aliphatic rings. The van der Waals surface area contributed by atoms with Crippen LogP contribution in [0.25, 0.3) is 11.1 Å². The van der Waals surface area contributed by atoms with E-state index in [1.807, 2.05) is 18.2 Å². The highest BCUT2D eigenvalue weighted by Gasteiger charge is 2.11. The third-order valence-electron chi connectivity index (χ3n) is 3.20. The molecule has 2 rings (SSSR count). The van der Waals surface area contributed by atoms with Crippen molar-refractivity contribution in [2.24, 2.45) is 5.73 Å².